The highest BCUT2D eigenvalue weighted by atomic mass is 16.3. The lowest BCUT2D eigenvalue weighted by Gasteiger charge is -1.98. The summed E-state index contributed by atoms with van der Waals surface area (Å²) in [7, 11) is 0. The summed E-state index contributed by atoms with van der Waals surface area (Å²) in [6.45, 7) is 1.55. The standard InChI is InChI=1S/C12H14O2/c1-10(13)6-5-9-12(14)11-7-3-2-4-8-11/h2-4,7-9,14H,5-6H2,1H3/b12-9-. The SMILES string of the molecule is CC(=O)CC/C=C(\O)c1ccccc1. The Morgan fingerprint density at radius 1 is 1.36 bits per heavy atom. The molecular formula is C12H14O2. The minimum absolute atomic E-state index is 0.141. The monoisotopic (exact) mass is 190 g/mol. The van der Waals surface area contributed by atoms with Gasteiger partial charge in [0.25, 0.3) is 0 Å². The summed E-state index contributed by atoms with van der Waals surface area (Å²) in [6, 6.07) is 9.29. The van der Waals surface area contributed by atoms with E-state index >= 15 is 0 Å². The molecular weight excluding hydrogens is 176 g/mol. The molecule has 2 nitrogen and oxygen atoms in total. The first kappa shape index (κ1) is 10.5. The van der Waals surface area contributed by atoms with Gasteiger partial charge in [-0.15, -0.1) is 0 Å². The van der Waals surface area contributed by atoms with E-state index in [2.05, 4.69) is 0 Å². The van der Waals surface area contributed by atoms with Crippen LogP contribution in [-0.4, -0.2) is 10.9 Å². The fraction of sp³-hybridized carbons (Fsp3) is 0.250. The second-order valence-electron chi connectivity index (χ2n) is 3.20. The average Bonchev–Trinajstić information content (AvgIpc) is 2.18. The topological polar surface area (TPSA) is 37.3 Å². The maximum absolute atomic E-state index is 10.7. The Morgan fingerprint density at radius 3 is 2.57 bits per heavy atom. The Morgan fingerprint density at radius 2 is 2.00 bits per heavy atom. The largest absolute Gasteiger partial charge is 0.508 e. The molecule has 1 rings (SSSR count). The van der Waals surface area contributed by atoms with Crippen LogP contribution in [0.3, 0.4) is 0 Å². The zero-order valence-corrected chi connectivity index (χ0v) is 8.23. The Labute approximate surface area is 83.9 Å². The van der Waals surface area contributed by atoms with E-state index in [0.717, 1.165) is 5.56 Å². The molecule has 0 saturated heterocycles. The van der Waals surface area contributed by atoms with E-state index in [4.69, 9.17) is 0 Å². The molecule has 0 radical (unpaired) electrons. The molecule has 0 amide bonds. The van der Waals surface area contributed by atoms with Gasteiger partial charge >= 0.3 is 0 Å². The molecule has 74 valence electrons. The number of hydrogen-bond donors (Lipinski definition) is 1. The third-order valence-electron chi connectivity index (χ3n) is 1.90. The average molecular weight is 190 g/mol. The molecule has 0 aliphatic heterocycles. The Kier molecular flexibility index (Phi) is 3.92. The summed E-state index contributed by atoms with van der Waals surface area (Å²) in [6.07, 6.45) is 2.75. The van der Waals surface area contributed by atoms with Crippen LogP contribution in [0.5, 0.6) is 0 Å². The predicted octanol–water partition coefficient (Wildman–Crippen LogP) is 2.95. The highest BCUT2D eigenvalue weighted by Crippen LogP contribution is 2.11. The zero-order valence-electron chi connectivity index (χ0n) is 8.23. The van der Waals surface area contributed by atoms with Crippen molar-refractivity contribution in [1.82, 2.24) is 0 Å². The van der Waals surface area contributed by atoms with E-state index in [1.54, 1.807) is 13.0 Å². The summed E-state index contributed by atoms with van der Waals surface area (Å²) in [5, 5.41) is 9.58. The highest BCUT2D eigenvalue weighted by molar-refractivity contribution is 5.75. The van der Waals surface area contributed by atoms with Gasteiger partial charge < -0.3 is 9.90 Å². The first-order valence-electron chi connectivity index (χ1n) is 4.64. The maximum Gasteiger partial charge on any atom is 0.130 e. The van der Waals surface area contributed by atoms with Crippen LogP contribution >= 0.6 is 0 Å². The number of aliphatic hydroxyl groups excluding tert-OH is 1. The lowest BCUT2D eigenvalue weighted by molar-refractivity contribution is -0.116. The van der Waals surface area contributed by atoms with E-state index in [-0.39, 0.29) is 11.5 Å². The number of hydrogen-bond acceptors (Lipinski definition) is 2. The maximum atomic E-state index is 10.7. The fourth-order valence-corrected chi connectivity index (χ4v) is 1.14. The van der Waals surface area contributed by atoms with Gasteiger partial charge in [0.05, 0.1) is 0 Å². The fourth-order valence-electron chi connectivity index (χ4n) is 1.14. The number of aliphatic hydroxyl groups is 1. The number of Topliss-reactive ketones (excluding diaryl/α,β-unsaturated/α-hetero) is 1. The summed E-state index contributed by atoms with van der Waals surface area (Å²) in [5.41, 5.74) is 0.788. The third-order valence-corrected chi connectivity index (χ3v) is 1.90. The van der Waals surface area contributed by atoms with Crippen molar-refractivity contribution < 1.29 is 9.90 Å². The predicted molar refractivity (Wildman–Crippen MR) is 57.0 cm³/mol. The first-order valence-corrected chi connectivity index (χ1v) is 4.64. The minimum atomic E-state index is 0.141. The Hall–Kier alpha value is -1.57. The molecule has 0 aromatic heterocycles. The van der Waals surface area contributed by atoms with E-state index in [9.17, 15) is 9.90 Å². The lowest BCUT2D eigenvalue weighted by atomic mass is 10.1. The summed E-state index contributed by atoms with van der Waals surface area (Å²) in [5.74, 6) is 0.383. The molecule has 0 spiro atoms. The van der Waals surface area contributed by atoms with Crippen molar-refractivity contribution in [3.63, 3.8) is 0 Å². The normalized spacial score (nSPS) is 11.4. The molecule has 2 heteroatoms. The van der Waals surface area contributed by atoms with Gasteiger partial charge in [0.15, 0.2) is 0 Å². The molecule has 0 saturated carbocycles. The third kappa shape index (κ3) is 3.44. The van der Waals surface area contributed by atoms with Crippen LogP contribution in [0.1, 0.15) is 25.3 Å². The highest BCUT2D eigenvalue weighted by Gasteiger charge is 1.97. The number of benzene rings is 1. The lowest BCUT2D eigenvalue weighted by Crippen LogP contribution is -1.88. The van der Waals surface area contributed by atoms with E-state index in [1.807, 2.05) is 30.3 Å². The van der Waals surface area contributed by atoms with Gasteiger partial charge in [-0.25, -0.2) is 0 Å². The number of carbonyl (C=O) groups excluding carboxylic acids is 1. The summed E-state index contributed by atoms with van der Waals surface area (Å²) >= 11 is 0. The van der Waals surface area contributed by atoms with Crippen molar-refractivity contribution in [2.24, 2.45) is 0 Å². The van der Waals surface area contributed by atoms with Crippen LogP contribution in [0.25, 0.3) is 5.76 Å². The number of allylic oxidation sites excluding steroid dienone is 1. The molecule has 0 atom stereocenters. The van der Waals surface area contributed by atoms with Gasteiger partial charge in [-0.2, -0.15) is 0 Å². The quantitative estimate of drug-likeness (QED) is 0.741. The van der Waals surface area contributed by atoms with Gasteiger partial charge in [0, 0.05) is 12.0 Å². The van der Waals surface area contributed by atoms with Crippen molar-refractivity contribution >= 4 is 11.5 Å². The molecule has 0 bridgehead atoms. The first-order chi connectivity index (χ1) is 6.70. The minimum Gasteiger partial charge on any atom is -0.508 e. The van der Waals surface area contributed by atoms with Gasteiger partial charge in [-0.3, -0.25) is 0 Å². The van der Waals surface area contributed by atoms with Crippen LogP contribution in [0.2, 0.25) is 0 Å². The Balaban J connectivity index is 2.57. The van der Waals surface area contributed by atoms with Crippen LogP contribution < -0.4 is 0 Å². The van der Waals surface area contributed by atoms with E-state index in [0.29, 0.717) is 12.8 Å². The zero-order chi connectivity index (χ0) is 10.4. The molecule has 1 N–H and O–H groups in total. The second kappa shape index (κ2) is 5.22. The molecule has 0 fully saturated rings. The molecule has 0 aliphatic carbocycles. The van der Waals surface area contributed by atoms with Gasteiger partial charge in [0.2, 0.25) is 0 Å². The van der Waals surface area contributed by atoms with Crippen LogP contribution in [-0.2, 0) is 4.79 Å². The molecule has 0 unspecified atom stereocenters. The number of ketones is 1. The second-order valence-corrected chi connectivity index (χ2v) is 3.20. The van der Waals surface area contributed by atoms with Gasteiger partial charge in [-0.05, 0) is 19.4 Å². The number of rotatable bonds is 4. The Bertz CT molecular complexity index is 325. The van der Waals surface area contributed by atoms with Gasteiger partial charge in [0.1, 0.15) is 11.5 Å². The van der Waals surface area contributed by atoms with Crippen molar-refractivity contribution in [1.29, 1.82) is 0 Å². The molecule has 1 aromatic carbocycles. The van der Waals surface area contributed by atoms with Crippen LogP contribution in [0.15, 0.2) is 36.4 Å². The number of carbonyl (C=O) groups is 1. The summed E-state index contributed by atoms with van der Waals surface area (Å²) < 4.78 is 0. The van der Waals surface area contributed by atoms with Crippen LogP contribution in [0, 0.1) is 0 Å². The summed E-state index contributed by atoms with van der Waals surface area (Å²) in [4.78, 5) is 10.7. The molecule has 0 heterocycles. The van der Waals surface area contributed by atoms with E-state index in [1.165, 1.54) is 0 Å². The van der Waals surface area contributed by atoms with Crippen LogP contribution in [0.4, 0.5) is 0 Å². The molecule has 14 heavy (non-hydrogen) atoms. The van der Waals surface area contributed by atoms with E-state index < -0.39 is 0 Å². The van der Waals surface area contributed by atoms with Crippen molar-refractivity contribution in [2.45, 2.75) is 19.8 Å². The van der Waals surface area contributed by atoms with Crippen molar-refractivity contribution in [3.05, 3.63) is 42.0 Å². The molecule has 0 aliphatic rings. The molecule has 1 aromatic rings. The van der Waals surface area contributed by atoms with Crippen molar-refractivity contribution in [2.75, 3.05) is 0 Å². The van der Waals surface area contributed by atoms with Crippen molar-refractivity contribution in [3.8, 4) is 0 Å². The smallest absolute Gasteiger partial charge is 0.130 e. The van der Waals surface area contributed by atoms with Gasteiger partial charge in [-0.1, -0.05) is 30.3 Å².